The monoisotopic (exact) mass is 345 g/mol. The maximum atomic E-state index is 12.6. The van der Waals surface area contributed by atoms with Crippen molar-refractivity contribution in [2.45, 2.75) is 46.1 Å². The number of carbonyl (C=O) groups excluding carboxylic acids is 1. The first-order valence-corrected chi connectivity index (χ1v) is 9.67. The topological polar surface area (TPSA) is 35.6 Å². The van der Waals surface area contributed by atoms with E-state index in [1.807, 2.05) is 0 Å². The van der Waals surface area contributed by atoms with E-state index in [2.05, 4.69) is 74.1 Å². The zero-order valence-electron chi connectivity index (χ0n) is 16.6. The number of carbonyl (C=O) groups is 1. The van der Waals surface area contributed by atoms with E-state index in [0.717, 1.165) is 32.6 Å². The first-order chi connectivity index (χ1) is 11.9. The Bertz CT molecular complexity index is 539. The Hall–Kier alpha value is -1.39. The third-order valence-electron chi connectivity index (χ3n) is 5.12. The van der Waals surface area contributed by atoms with Gasteiger partial charge in [-0.3, -0.25) is 9.69 Å². The molecule has 1 aliphatic heterocycles. The summed E-state index contributed by atoms with van der Waals surface area (Å²) in [6.45, 7) is 13.4. The van der Waals surface area contributed by atoms with Crippen LogP contribution in [0.4, 0.5) is 0 Å². The first-order valence-electron chi connectivity index (χ1n) is 9.67. The van der Waals surface area contributed by atoms with Gasteiger partial charge in [-0.05, 0) is 49.5 Å². The van der Waals surface area contributed by atoms with E-state index in [9.17, 15) is 4.79 Å². The van der Waals surface area contributed by atoms with Crippen LogP contribution in [0.5, 0.6) is 0 Å². The highest BCUT2D eigenvalue weighted by atomic mass is 16.2. The van der Waals surface area contributed by atoms with Gasteiger partial charge in [0.05, 0.1) is 12.6 Å². The Morgan fingerprint density at radius 3 is 2.24 bits per heavy atom. The molecule has 1 atom stereocenters. The lowest BCUT2D eigenvalue weighted by Gasteiger charge is -2.26. The average Bonchev–Trinajstić information content (AvgIpc) is 2.77. The quantitative estimate of drug-likeness (QED) is 0.859. The van der Waals surface area contributed by atoms with Gasteiger partial charge in [0.1, 0.15) is 0 Å². The lowest BCUT2D eigenvalue weighted by atomic mass is 9.93. The predicted octanol–water partition coefficient (Wildman–Crippen LogP) is 3.26. The van der Waals surface area contributed by atoms with Crippen molar-refractivity contribution in [1.82, 2.24) is 15.1 Å². The van der Waals surface area contributed by atoms with Crippen LogP contribution in [0.15, 0.2) is 24.3 Å². The molecule has 1 unspecified atom stereocenters. The van der Waals surface area contributed by atoms with E-state index >= 15 is 0 Å². The molecule has 0 aliphatic carbocycles. The van der Waals surface area contributed by atoms with Crippen molar-refractivity contribution in [2.24, 2.45) is 5.92 Å². The predicted molar refractivity (Wildman–Crippen MR) is 105 cm³/mol. The molecule has 140 valence electrons. The molecule has 1 amide bonds. The van der Waals surface area contributed by atoms with Crippen molar-refractivity contribution in [1.29, 1.82) is 0 Å². The SMILES string of the molecule is CC(C)c1ccc(C(NC(=O)CN2CCCN(C)CC2)C(C)C)cc1. The van der Waals surface area contributed by atoms with Gasteiger partial charge < -0.3 is 10.2 Å². The van der Waals surface area contributed by atoms with Crippen LogP contribution in [-0.2, 0) is 4.79 Å². The van der Waals surface area contributed by atoms with Crippen LogP contribution in [0.2, 0.25) is 0 Å². The highest BCUT2D eigenvalue weighted by molar-refractivity contribution is 5.78. The molecule has 1 aromatic carbocycles. The van der Waals surface area contributed by atoms with Crippen LogP contribution in [0, 0.1) is 5.92 Å². The van der Waals surface area contributed by atoms with E-state index in [0.29, 0.717) is 18.4 Å². The third kappa shape index (κ3) is 6.12. The summed E-state index contributed by atoms with van der Waals surface area (Å²) in [5.41, 5.74) is 2.54. The molecule has 0 radical (unpaired) electrons. The molecule has 1 heterocycles. The fourth-order valence-electron chi connectivity index (χ4n) is 3.40. The van der Waals surface area contributed by atoms with E-state index in [1.165, 1.54) is 11.1 Å². The number of nitrogens with one attached hydrogen (secondary N) is 1. The normalized spacial score (nSPS) is 18.4. The maximum Gasteiger partial charge on any atom is 0.234 e. The van der Waals surface area contributed by atoms with Crippen molar-refractivity contribution < 1.29 is 4.79 Å². The Kier molecular flexibility index (Phi) is 7.45. The molecule has 4 heteroatoms. The molecule has 1 aliphatic rings. The van der Waals surface area contributed by atoms with Gasteiger partial charge in [-0.2, -0.15) is 0 Å². The molecule has 4 nitrogen and oxygen atoms in total. The summed E-state index contributed by atoms with van der Waals surface area (Å²) in [5, 5.41) is 3.27. The number of hydrogen-bond donors (Lipinski definition) is 1. The van der Waals surface area contributed by atoms with Crippen LogP contribution in [0.3, 0.4) is 0 Å². The van der Waals surface area contributed by atoms with Crippen LogP contribution in [0.1, 0.15) is 57.2 Å². The second kappa shape index (κ2) is 9.35. The highest BCUT2D eigenvalue weighted by Crippen LogP contribution is 2.24. The van der Waals surface area contributed by atoms with Crippen molar-refractivity contribution in [3.05, 3.63) is 35.4 Å². The summed E-state index contributed by atoms with van der Waals surface area (Å²) in [5.74, 6) is 1.03. The molecule has 0 aromatic heterocycles. The average molecular weight is 346 g/mol. The van der Waals surface area contributed by atoms with E-state index in [-0.39, 0.29) is 11.9 Å². The fraction of sp³-hybridized carbons (Fsp3) is 0.667. The van der Waals surface area contributed by atoms with Gasteiger partial charge in [0, 0.05) is 13.1 Å². The molecule has 2 rings (SSSR count). The van der Waals surface area contributed by atoms with Crippen molar-refractivity contribution in [2.75, 3.05) is 39.8 Å². The van der Waals surface area contributed by atoms with Gasteiger partial charge in [-0.1, -0.05) is 52.0 Å². The fourth-order valence-corrected chi connectivity index (χ4v) is 3.40. The van der Waals surface area contributed by atoms with Gasteiger partial charge in [0.25, 0.3) is 0 Å². The number of benzene rings is 1. The molecule has 0 spiro atoms. The maximum absolute atomic E-state index is 12.6. The number of nitrogens with zero attached hydrogens (tertiary/aromatic N) is 2. The molecule has 25 heavy (non-hydrogen) atoms. The van der Waals surface area contributed by atoms with Crippen LogP contribution >= 0.6 is 0 Å². The van der Waals surface area contributed by atoms with E-state index in [4.69, 9.17) is 0 Å². The zero-order chi connectivity index (χ0) is 18.4. The smallest absolute Gasteiger partial charge is 0.234 e. The zero-order valence-corrected chi connectivity index (χ0v) is 16.6. The number of rotatable bonds is 6. The Morgan fingerprint density at radius 1 is 1.00 bits per heavy atom. The van der Waals surface area contributed by atoms with Crippen molar-refractivity contribution in [3.8, 4) is 0 Å². The van der Waals surface area contributed by atoms with Crippen LogP contribution in [0.25, 0.3) is 0 Å². The number of hydrogen-bond acceptors (Lipinski definition) is 3. The molecule has 0 bridgehead atoms. The minimum Gasteiger partial charge on any atom is -0.348 e. The first kappa shape index (κ1) is 19.9. The Balaban J connectivity index is 1.97. The van der Waals surface area contributed by atoms with Gasteiger partial charge in [-0.15, -0.1) is 0 Å². The van der Waals surface area contributed by atoms with Gasteiger partial charge in [0.2, 0.25) is 5.91 Å². The minimum absolute atomic E-state index is 0.0726. The molecular weight excluding hydrogens is 310 g/mol. The number of likely N-dealkylation sites (N-methyl/N-ethyl adjacent to an activating group) is 1. The second-order valence-corrected chi connectivity index (χ2v) is 8.04. The van der Waals surface area contributed by atoms with Crippen molar-refractivity contribution in [3.63, 3.8) is 0 Å². The molecule has 1 fully saturated rings. The number of amides is 1. The van der Waals surface area contributed by atoms with Crippen molar-refractivity contribution >= 4 is 5.91 Å². The minimum atomic E-state index is 0.0726. The summed E-state index contributed by atoms with van der Waals surface area (Å²) >= 11 is 0. The molecular formula is C21H35N3O. The summed E-state index contributed by atoms with van der Waals surface area (Å²) < 4.78 is 0. The molecule has 1 aromatic rings. The Morgan fingerprint density at radius 2 is 1.64 bits per heavy atom. The molecule has 1 N–H and O–H groups in total. The molecule has 0 saturated carbocycles. The lowest BCUT2D eigenvalue weighted by Crippen LogP contribution is -2.41. The Labute approximate surface area is 153 Å². The van der Waals surface area contributed by atoms with E-state index in [1.54, 1.807) is 0 Å². The van der Waals surface area contributed by atoms with Gasteiger partial charge >= 0.3 is 0 Å². The lowest BCUT2D eigenvalue weighted by molar-refractivity contribution is -0.123. The van der Waals surface area contributed by atoms with Crippen LogP contribution < -0.4 is 5.32 Å². The highest BCUT2D eigenvalue weighted by Gasteiger charge is 2.21. The summed E-state index contributed by atoms with van der Waals surface area (Å²) in [6.07, 6.45) is 1.13. The largest absolute Gasteiger partial charge is 0.348 e. The summed E-state index contributed by atoms with van der Waals surface area (Å²) in [4.78, 5) is 17.2. The van der Waals surface area contributed by atoms with Gasteiger partial charge in [0.15, 0.2) is 0 Å². The molecule has 1 saturated heterocycles. The van der Waals surface area contributed by atoms with Crippen LogP contribution in [-0.4, -0.2) is 55.5 Å². The third-order valence-corrected chi connectivity index (χ3v) is 5.12. The second-order valence-electron chi connectivity index (χ2n) is 8.04. The van der Waals surface area contributed by atoms with Gasteiger partial charge in [-0.25, -0.2) is 0 Å². The van der Waals surface area contributed by atoms with E-state index < -0.39 is 0 Å². The standard InChI is InChI=1S/C21H35N3O/c1-16(2)18-7-9-19(10-8-18)21(17(3)4)22-20(25)15-24-12-6-11-23(5)13-14-24/h7-10,16-17,21H,6,11-15H2,1-5H3,(H,22,25). The summed E-state index contributed by atoms with van der Waals surface area (Å²) in [7, 11) is 2.15. The summed E-state index contributed by atoms with van der Waals surface area (Å²) in [6, 6.07) is 8.78.